The fraction of sp³-hybridized carbons (Fsp3) is 0.600. The zero-order valence-corrected chi connectivity index (χ0v) is 10.7. The monoisotopic (exact) mass is 233 g/mol. The maximum atomic E-state index is 10.6. The summed E-state index contributed by atoms with van der Waals surface area (Å²) in [6.07, 6.45) is 5.53. The van der Waals surface area contributed by atoms with E-state index < -0.39 is 5.60 Å². The molecule has 2 heteroatoms. The topological polar surface area (TPSA) is 23.5 Å². The van der Waals surface area contributed by atoms with Gasteiger partial charge >= 0.3 is 0 Å². The fourth-order valence-electron chi connectivity index (χ4n) is 2.75. The van der Waals surface area contributed by atoms with Gasteiger partial charge < -0.3 is 10.0 Å². The van der Waals surface area contributed by atoms with Crippen molar-refractivity contribution in [2.45, 2.75) is 44.6 Å². The van der Waals surface area contributed by atoms with E-state index in [1.165, 1.54) is 24.9 Å². The van der Waals surface area contributed by atoms with Gasteiger partial charge in [0.05, 0.1) is 5.60 Å². The van der Waals surface area contributed by atoms with Crippen molar-refractivity contribution in [2.75, 3.05) is 18.0 Å². The molecule has 0 saturated heterocycles. The highest BCUT2D eigenvalue weighted by molar-refractivity contribution is 5.46. The number of anilines is 1. The first kappa shape index (κ1) is 12.4. The smallest absolute Gasteiger partial charge is 0.0821 e. The van der Waals surface area contributed by atoms with Gasteiger partial charge in [0, 0.05) is 18.8 Å². The van der Waals surface area contributed by atoms with Gasteiger partial charge in [-0.2, -0.15) is 0 Å². The molecule has 2 rings (SSSR count). The molecule has 1 saturated carbocycles. The number of benzene rings is 1. The van der Waals surface area contributed by atoms with Crippen molar-refractivity contribution < 1.29 is 5.11 Å². The molecule has 0 bridgehead atoms. The van der Waals surface area contributed by atoms with Crippen LogP contribution in [-0.2, 0) is 0 Å². The van der Waals surface area contributed by atoms with Gasteiger partial charge in [0.2, 0.25) is 0 Å². The molecule has 0 aliphatic heterocycles. The largest absolute Gasteiger partial charge is 0.388 e. The SMILES string of the molecule is CCN(CC1(O)CCCCC1)c1ccccc1. The summed E-state index contributed by atoms with van der Waals surface area (Å²) in [4.78, 5) is 2.28. The molecular weight excluding hydrogens is 210 g/mol. The summed E-state index contributed by atoms with van der Waals surface area (Å²) >= 11 is 0. The second-order valence-electron chi connectivity index (χ2n) is 5.13. The molecule has 1 aliphatic carbocycles. The Balaban J connectivity index is 2.04. The van der Waals surface area contributed by atoms with E-state index in [2.05, 4.69) is 36.1 Å². The van der Waals surface area contributed by atoms with Crippen molar-refractivity contribution in [1.82, 2.24) is 0 Å². The maximum Gasteiger partial charge on any atom is 0.0821 e. The van der Waals surface area contributed by atoms with Gasteiger partial charge in [-0.1, -0.05) is 37.5 Å². The lowest BCUT2D eigenvalue weighted by molar-refractivity contribution is 0.0112. The molecule has 0 amide bonds. The average Bonchev–Trinajstić information content (AvgIpc) is 2.38. The number of nitrogens with zero attached hydrogens (tertiary/aromatic N) is 1. The van der Waals surface area contributed by atoms with E-state index in [1.54, 1.807) is 0 Å². The van der Waals surface area contributed by atoms with E-state index in [0.29, 0.717) is 0 Å². The van der Waals surface area contributed by atoms with Crippen molar-refractivity contribution in [1.29, 1.82) is 0 Å². The first-order valence-electron chi connectivity index (χ1n) is 6.76. The highest BCUT2D eigenvalue weighted by Crippen LogP contribution is 2.30. The highest BCUT2D eigenvalue weighted by Gasteiger charge is 2.30. The van der Waals surface area contributed by atoms with E-state index >= 15 is 0 Å². The van der Waals surface area contributed by atoms with Crippen molar-refractivity contribution in [3.63, 3.8) is 0 Å². The Hall–Kier alpha value is -1.02. The molecule has 94 valence electrons. The average molecular weight is 233 g/mol. The number of likely N-dealkylation sites (N-methyl/N-ethyl adjacent to an activating group) is 1. The normalized spacial score (nSPS) is 18.9. The summed E-state index contributed by atoms with van der Waals surface area (Å²) < 4.78 is 0. The standard InChI is InChI=1S/C15H23NO/c1-2-16(14-9-5-3-6-10-14)13-15(17)11-7-4-8-12-15/h3,5-6,9-10,17H,2,4,7-8,11-13H2,1H3. The minimum atomic E-state index is -0.468. The summed E-state index contributed by atoms with van der Waals surface area (Å²) in [6.45, 7) is 3.87. The summed E-state index contributed by atoms with van der Waals surface area (Å²) in [5, 5.41) is 10.6. The van der Waals surface area contributed by atoms with E-state index in [9.17, 15) is 5.11 Å². The Labute approximate surface area is 104 Å². The van der Waals surface area contributed by atoms with Crippen LogP contribution in [-0.4, -0.2) is 23.8 Å². The third-order valence-corrected chi connectivity index (χ3v) is 3.77. The molecule has 1 fully saturated rings. The molecular formula is C15H23NO. The van der Waals surface area contributed by atoms with Crippen molar-refractivity contribution in [3.8, 4) is 0 Å². The zero-order chi connectivity index (χ0) is 12.1. The van der Waals surface area contributed by atoms with Crippen molar-refractivity contribution >= 4 is 5.69 Å². The van der Waals surface area contributed by atoms with E-state index in [0.717, 1.165) is 25.9 Å². The van der Waals surface area contributed by atoms with Gasteiger partial charge in [-0.25, -0.2) is 0 Å². The lowest BCUT2D eigenvalue weighted by atomic mass is 9.84. The molecule has 0 aromatic heterocycles. The first-order chi connectivity index (χ1) is 8.23. The maximum absolute atomic E-state index is 10.6. The predicted octanol–water partition coefficient (Wildman–Crippen LogP) is 3.21. The molecule has 0 heterocycles. The Bertz CT molecular complexity index is 330. The van der Waals surface area contributed by atoms with Crippen LogP contribution in [0, 0.1) is 0 Å². The number of hydrogen-bond donors (Lipinski definition) is 1. The van der Waals surface area contributed by atoms with Crippen LogP contribution in [0.4, 0.5) is 5.69 Å². The van der Waals surface area contributed by atoms with Crippen LogP contribution < -0.4 is 4.90 Å². The molecule has 0 unspecified atom stereocenters. The van der Waals surface area contributed by atoms with Gasteiger partial charge in [-0.15, -0.1) is 0 Å². The molecule has 1 aromatic rings. The fourth-order valence-corrected chi connectivity index (χ4v) is 2.75. The minimum absolute atomic E-state index is 0.468. The molecule has 0 atom stereocenters. The van der Waals surface area contributed by atoms with E-state index in [-0.39, 0.29) is 0 Å². The summed E-state index contributed by atoms with van der Waals surface area (Å²) in [7, 11) is 0. The highest BCUT2D eigenvalue weighted by atomic mass is 16.3. The third-order valence-electron chi connectivity index (χ3n) is 3.77. The van der Waals surface area contributed by atoms with Crippen LogP contribution in [0.2, 0.25) is 0 Å². The van der Waals surface area contributed by atoms with Crippen LogP contribution in [0.3, 0.4) is 0 Å². The third kappa shape index (κ3) is 3.22. The van der Waals surface area contributed by atoms with Gasteiger partial charge in [0.1, 0.15) is 0 Å². The van der Waals surface area contributed by atoms with Crippen molar-refractivity contribution in [2.24, 2.45) is 0 Å². The number of hydrogen-bond acceptors (Lipinski definition) is 2. The van der Waals surface area contributed by atoms with Crippen LogP contribution in [0.25, 0.3) is 0 Å². The second-order valence-corrected chi connectivity index (χ2v) is 5.13. The summed E-state index contributed by atoms with van der Waals surface area (Å²) in [6, 6.07) is 10.4. The molecule has 1 N–H and O–H groups in total. The van der Waals surface area contributed by atoms with Crippen LogP contribution in [0.5, 0.6) is 0 Å². The first-order valence-corrected chi connectivity index (χ1v) is 6.76. The minimum Gasteiger partial charge on any atom is -0.388 e. The molecule has 2 nitrogen and oxygen atoms in total. The van der Waals surface area contributed by atoms with Crippen molar-refractivity contribution in [3.05, 3.63) is 30.3 Å². The Morgan fingerprint density at radius 1 is 1.12 bits per heavy atom. The van der Waals surface area contributed by atoms with Gasteiger partial charge in [0.15, 0.2) is 0 Å². The van der Waals surface area contributed by atoms with Gasteiger partial charge in [0.25, 0.3) is 0 Å². The van der Waals surface area contributed by atoms with E-state index in [4.69, 9.17) is 0 Å². The summed E-state index contributed by atoms with van der Waals surface area (Å²) in [5.41, 5.74) is 0.749. The molecule has 0 radical (unpaired) electrons. The van der Waals surface area contributed by atoms with E-state index in [1.807, 2.05) is 6.07 Å². The number of rotatable bonds is 4. The molecule has 1 aliphatic rings. The Morgan fingerprint density at radius 3 is 2.35 bits per heavy atom. The lowest BCUT2D eigenvalue weighted by Crippen LogP contribution is -2.44. The quantitative estimate of drug-likeness (QED) is 0.863. The summed E-state index contributed by atoms with van der Waals surface area (Å²) in [5.74, 6) is 0. The van der Waals surface area contributed by atoms with Crippen LogP contribution in [0.1, 0.15) is 39.0 Å². The number of aliphatic hydroxyl groups is 1. The molecule has 0 spiro atoms. The zero-order valence-electron chi connectivity index (χ0n) is 10.7. The van der Waals surface area contributed by atoms with Crippen LogP contribution >= 0.6 is 0 Å². The predicted molar refractivity (Wildman–Crippen MR) is 72.4 cm³/mol. The number of para-hydroxylation sites is 1. The van der Waals surface area contributed by atoms with Gasteiger partial charge in [-0.3, -0.25) is 0 Å². The molecule has 1 aromatic carbocycles. The van der Waals surface area contributed by atoms with Gasteiger partial charge in [-0.05, 0) is 31.9 Å². The Morgan fingerprint density at radius 2 is 1.76 bits per heavy atom. The molecule has 17 heavy (non-hydrogen) atoms. The van der Waals surface area contributed by atoms with Crippen LogP contribution in [0.15, 0.2) is 30.3 Å². The Kier molecular flexibility index (Phi) is 4.06. The lowest BCUT2D eigenvalue weighted by Gasteiger charge is -2.37. The second kappa shape index (κ2) is 5.54.